The molecule has 12 nitrogen and oxygen atoms in total. The fourth-order valence-corrected chi connectivity index (χ4v) is 5.11. The van der Waals surface area contributed by atoms with E-state index in [1.54, 1.807) is 6.07 Å². The number of carbonyl (C=O) groups is 1. The van der Waals surface area contributed by atoms with Crippen LogP contribution in [0.5, 0.6) is 23.0 Å². The molecule has 1 aliphatic rings. The van der Waals surface area contributed by atoms with Gasteiger partial charge < -0.3 is 49.6 Å². The smallest absolute Gasteiger partial charge is 0.335 e. The van der Waals surface area contributed by atoms with Crippen molar-refractivity contribution in [3.05, 3.63) is 83.0 Å². The molecule has 2 heterocycles. The number of carboxylic acid groups (broad SMARTS) is 1. The molecule has 220 valence electrons. The molecule has 0 saturated carbocycles. The van der Waals surface area contributed by atoms with Crippen molar-refractivity contribution in [3.63, 3.8) is 0 Å². The van der Waals surface area contributed by atoms with Crippen LogP contribution in [0.15, 0.2) is 82.0 Å². The zero-order valence-corrected chi connectivity index (χ0v) is 22.0. The number of phenolic OH excluding ortho intramolecular Hbond substituents is 3. The number of aliphatic hydroxyl groups excluding tert-OH is 3. The van der Waals surface area contributed by atoms with Crippen LogP contribution in [0.3, 0.4) is 0 Å². The van der Waals surface area contributed by atoms with E-state index in [1.807, 2.05) is 42.5 Å². The Morgan fingerprint density at radius 2 is 1.51 bits per heavy atom. The van der Waals surface area contributed by atoms with Crippen LogP contribution in [0.4, 0.5) is 0 Å². The number of fused-ring (bicyclic) bond motifs is 2. The maximum atomic E-state index is 13.2. The van der Waals surface area contributed by atoms with Crippen molar-refractivity contribution < 1.29 is 54.4 Å². The van der Waals surface area contributed by atoms with Crippen LogP contribution < -0.4 is 10.2 Å². The summed E-state index contributed by atoms with van der Waals surface area (Å²) in [4.78, 5) is 24.6. The van der Waals surface area contributed by atoms with E-state index in [-0.39, 0.29) is 17.1 Å². The Bertz CT molecular complexity index is 1950. The Kier molecular flexibility index (Phi) is 6.90. The third kappa shape index (κ3) is 4.87. The van der Waals surface area contributed by atoms with E-state index in [1.165, 1.54) is 12.1 Å². The third-order valence-electron chi connectivity index (χ3n) is 7.32. The van der Waals surface area contributed by atoms with Crippen molar-refractivity contribution in [1.82, 2.24) is 0 Å². The van der Waals surface area contributed by atoms with E-state index in [9.17, 15) is 45.3 Å². The predicted octanol–water partition coefficient (Wildman–Crippen LogP) is 2.67. The van der Waals surface area contributed by atoms with Gasteiger partial charge in [0.15, 0.2) is 23.0 Å². The van der Waals surface area contributed by atoms with Gasteiger partial charge in [0.2, 0.25) is 12.0 Å². The van der Waals surface area contributed by atoms with Crippen LogP contribution in [0, 0.1) is 0 Å². The molecule has 12 heteroatoms. The normalized spacial score (nSPS) is 22.1. The quantitative estimate of drug-likeness (QED) is 0.148. The van der Waals surface area contributed by atoms with Crippen LogP contribution in [-0.2, 0) is 9.53 Å². The summed E-state index contributed by atoms with van der Waals surface area (Å²) in [6, 6.07) is 20.0. The summed E-state index contributed by atoms with van der Waals surface area (Å²) >= 11 is 0. The monoisotopic (exact) mass is 588 g/mol. The van der Waals surface area contributed by atoms with E-state index in [4.69, 9.17) is 13.9 Å². The number of carboxylic acids is 1. The molecule has 1 saturated heterocycles. The topological polar surface area (TPSA) is 207 Å². The van der Waals surface area contributed by atoms with E-state index in [0.29, 0.717) is 16.7 Å². The summed E-state index contributed by atoms with van der Waals surface area (Å²) in [6.45, 7) is 0. The van der Waals surface area contributed by atoms with Crippen LogP contribution in [0.1, 0.15) is 0 Å². The van der Waals surface area contributed by atoms with Crippen molar-refractivity contribution in [2.45, 2.75) is 30.7 Å². The van der Waals surface area contributed by atoms with Crippen LogP contribution in [0.2, 0.25) is 0 Å². The van der Waals surface area contributed by atoms with Crippen LogP contribution in [0.25, 0.3) is 44.2 Å². The first-order chi connectivity index (χ1) is 20.5. The van der Waals surface area contributed by atoms with Gasteiger partial charge in [-0.1, -0.05) is 36.4 Å². The van der Waals surface area contributed by atoms with Crippen LogP contribution in [-0.4, -0.2) is 72.4 Å². The highest BCUT2D eigenvalue weighted by molar-refractivity contribution is 5.93. The molecular formula is C31H24O12. The first-order valence-corrected chi connectivity index (χ1v) is 13.0. The molecule has 0 bridgehead atoms. The van der Waals surface area contributed by atoms with Gasteiger partial charge in [-0.05, 0) is 46.2 Å². The molecule has 0 spiro atoms. The summed E-state index contributed by atoms with van der Waals surface area (Å²) in [5, 5.41) is 72.7. The second-order valence-electron chi connectivity index (χ2n) is 10.1. The SMILES string of the molecule is O=C(O)[C@H]1O[C@@H](Oc2cc3oc(-c4ccc(O)cc4-c4ccc5ccccc5c4)cc(=O)c3c(O)c2O)[C@H](O)[C@@H](O)[C@@H]1O. The lowest BCUT2D eigenvalue weighted by Crippen LogP contribution is -2.61. The van der Waals surface area contributed by atoms with Gasteiger partial charge in [-0.2, -0.15) is 0 Å². The number of aliphatic carboxylic acids is 1. The molecule has 5 atom stereocenters. The van der Waals surface area contributed by atoms with Gasteiger partial charge in [0, 0.05) is 17.7 Å². The molecule has 5 aromatic rings. The van der Waals surface area contributed by atoms with Crippen molar-refractivity contribution in [3.8, 4) is 45.4 Å². The van der Waals surface area contributed by atoms with Crippen molar-refractivity contribution in [2.24, 2.45) is 0 Å². The Morgan fingerprint density at radius 1 is 0.767 bits per heavy atom. The number of benzene rings is 4. The number of phenols is 3. The van der Waals surface area contributed by atoms with Crippen molar-refractivity contribution in [1.29, 1.82) is 0 Å². The zero-order chi connectivity index (χ0) is 30.6. The summed E-state index contributed by atoms with van der Waals surface area (Å²) in [7, 11) is 0. The molecule has 0 radical (unpaired) electrons. The molecule has 7 N–H and O–H groups in total. The molecule has 43 heavy (non-hydrogen) atoms. The second-order valence-corrected chi connectivity index (χ2v) is 10.1. The minimum atomic E-state index is -1.98. The highest BCUT2D eigenvalue weighted by Gasteiger charge is 2.48. The summed E-state index contributed by atoms with van der Waals surface area (Å²) < 4.78 is 16.5. The number of aromatic hydroxyl groups is 3. The van der Waals surface area contributed by atoms with E-state index >= 15 is 0 Å². The average Bonchev–Trinajstić information content (AvgIpc) is 2.99. The minimum Gasteiger partial charge on any atom is -0.508 e. The average molecular weight is 589 g/mol. The highest BCUT2D eigenvalue weighted by atomic mass is 16.7. The molecular weight excluding hydrogens is 564 g/mol. The fourth-order valence-electron chi connectivity index (χ4n) is 5.11. The number of aliphatic hydroxyl groups is 3. The molecule has 0 unspecified atom stereocenters. The Morgan fingerprint density at radius 3 is 2.26 bits per heavy atom. The maximum Gasteiger partial charge on any atom is 0.335 e. The molecule has 0 amide bonds. The molecule has 1 aliphatic heterocycles. The zero-order valence-electron chi connectivity index (χ0n) is 22.0. The standard InChI is InChI=1S/C31H24O12/c32-16-7-8-17(18(10-16)15-6-5-13-3-1-2-4-14(13)9-15)20-11-19(33)23-21(41-20)12-22(24(34)25(23)35)42-31-28(38)26(36)27(37)29(43-31)30(39)40/h1-12,26-29,31-32,34-38H,(H,39,40)/t26-,27-,28+,29-,31+/m0/s1. The Labute approximate surface area is 241 Å². The number of hydrogen-bond donors (Lipinski definition) is 7. The van der Waals surface area contributed by atoms with E-state index in [2.05, 4.69) is 0 Å². The van der Waals surface area contributed by atoms with Crippen molar-refractivity contribution >= 4 is 27.7 Å². The van der Waals surface area contributed by atoms with Gasteiger partial charge in [-0.25, -0.2) is 4.79 Å². The third-order valence-corrected chi connectivity index (χ3v) is 7.32. The number of hydrogen-bond acceptors (Lipinski definition) is 11. The summed E-state index contributed by atoms with van der Waals surface area (Å²) in [6.07, 6.45) is -9.80. The van der Waals surface area contributed by atoms with E-state index in [0.717, 1.165) is 22.9 Å². The predicted molar refractivity (Wildman–Crippen MR) is 151 cm³/mol. The first kappa shape index (κ1) is 28.0. The lowest BCUT2D eigenvalue weighted by molar-refractivity contribution is -0.271. The van der Waals surface area contributed by atoms with Gasteiger partial charge in [0.05, 0.1) is 0 Å². The number of rotatable bonds is 5. The molecule has 6 rings (SSSR count). The molecule has 1 aromatic heterocycles. The lowest BCUT2D eigenvalue weighted by atomic mass is 9.95. The maximum absolute atomic E-state index is 13.2. The van der Waals surface area contributed by atoms with Gasteiger partial charge >= 0.3 is 5.97 Å². The number of ether oxygens (including phenoxy) is 2. The molecule has 0 aliphatic carbocycles. The Hall–Kier alpha value is -5.14. The summed E-state index contributed by atoms with van der Waals surface area (Å²) in [5.74, 6) is -4.10. The summed E-state index contributed by atoms with van der Waals surface area (Å²) in [5.41, 5.74) is 0.660. The molecule has 4 aromatic carbocycles. The van der Waals surface area contributed by atoms with Crippen molar-refractivity contribution in [2.75, 3.05) is 0 Å². The van der Waals surface area contributed by atoms with Gasteiger partial charge in [-0.15, -0.1) is 0 Å². The van der Waals surface area contributed by atoms with Gasteiger partial charge in [0.25, 0.3) is 0 Å². The Balaban J connectivity index is 1.45. The van der Waals surface area contributed by atoms with Crippen LogP contribution >= 0.6 is 0 Å². The van der Waals surface area contributed by atoms with Gasteiger partial charge in [0.1, 0.15) is 40.8 Å². The largest absolute Gasteiger partial charge is 0.508 e. The van der Waals surface area contributed by atoms with E-state index < -0.39 is 64.7 Å². The highest BCUT2D eigenvalue weighted by Crippen LogP contribution is 2.43. The minimum absolute atomic E-state index is 0.0358. The second kappa shape index (κ2) is 10.6. The fraction of sp³-hybridized carbons (Fsp3) is 0.161. The van der Waals surface area contributed by atoms with Gasteiger partial charge in [-0.3, -0.25) is 4.79 Å². The lowest BCUT2D eigenvalue weighted by Gasteiger charge is -2.38. The first-order valence-electron chi connectivity index (χ1n) is 13.0. The molecule has 1 fully saturated rings.